The van der Waals surface area contributed by atoms with Crippen LogP contribution >= 0.6 is 0 Å². The first-order chi connectivity index (χ1) is 20.6. The molecule has 1 amide bonds. The van der Waals surface area contributed by atoms with Crippen molar-refractivity contribution >= 4 is 22.7 Å². The van der Waals surface area contributed by atoms with Gasteiger partial charge in [-0.05, 0) is 17.7 Å². The van der Waals surface area contributed by atoms with Gasteiger partial charge in [0.05, 0.1) is 84.8 Å². The Kier molecular flexibility index (Phi) is 13.2. The number of aromatic nitrogens is 1. The minimum atomic E-state index is -0.721. The molecule has 0 spiro atoms. The van der Waals surface area contributed by atoms with Crippen molar-refractivity contribution in [2.24, 2.45) is 0 Å². The quantitative estimate of drug-likeness (QED) is 0.456. The van der Waals surface area contributed by atoms with Gasteiger partial charge in [0.25, 0.3) is 5.91 Å². The molecule has 0 bridgehead atoms. The molecule has 0 radical (unpaired) electrons. The standard InChI is InChI=1S/C30H42N2O10/c1-23(34)32-22-26(25-4-2-3-5-27(25)32)24-20-28(42-29(21-24)41-19-18-38-11-8-33)30(35)31-6-9-36-12-14-39-16-17-40-15-13-37-10-7-31/h2-5,20,22,24,29,33H,6-19,21H2,1H3. The van der Waals surface area contributed by atoms with E-state index in [0.717, 1.165) is 16.5 Å². The lowest BCUT2D eigenvalue weighted by Gasteiger charge is -2.31. The van der Waals surface area contributed by atoms with E-state index in [4.69, 9.17) is 38.3 Å². The van der Waals surface area contributed by atoms with Gasteiger partial charge >= 0.3 is 0 Å². The fourth-order valence-corrected chi connectivity index (χ4v) is 4.88. The predicted octanol–water partition coefficient (Wildman–Crippen LogP) is 1.95. The van der Waals surface area contributed by atoms with Crippen LogP contribution in [0.4, 0.5) is 0 Å². The summed E-state index contributed by atoms with van der Waals surface area (Å²) in [5, 5.41) is 9.89. The molecular weight excluding hydrogens is 548 g/mol. The number of amides is 1. The number of allylic oxidation sites excluding steroid dienone is 1. The van der Waals surface area contributed by atoms with Crippen molar-refractivity contribution < 1.29 is 47.9 Å². The number of aliphatic hydroxyl groups excluding tert-OH is 1. The molecule has 0 aliphatic carbocycles. The highest BCUT2D eigenvalue weighted by Crippen LogP contribution is 2.36. The fraction of sp³-hybridized carbons (Fsp3) is 0.600. The molecule has 0 saturated carbocycles. The molecular formula is C30H42N2O10. The Labute approximate surface area is 246 Å². The van der Waals surface area contributed by atoms with E-state index < -0.39 is 6.29 Å². The van der Waals surface area contributed by atoms with E-state index in [2.05, 4.69) is 0 Å². The minimum absolute atomic E-state index is 0.0765. The number of benzene rings is 1. The zero-order valence-electron chi connectivity index (χ0n) is 24.2. The molecule has 1 aromatic heterocycles. The Morgan fingerprint density at radius 1 is 0.905 bits per heavy atom. The van der Waals surface area contributed by atoms with Gasteiger partial charge < -0.3 is 43.2 Å². The zero-order chi connectivity index (χ0) is 29.6. The van der Waals surface area contributed by atoms with Crippen LogP contribution in [-0.2, 0) is 38.0 Å². The maximum absolute atomic E-state index is 13.9. The monoisotopic (exact) mass is 590 g/mol. The molecule has 1 saturated heterocycles. The van der Waals surface area contributed by atoms with Crippen LogP contribution in [0.2, 0.25) is 0 Å². The number of para-hydroxylation sites is 1. The molecule has 232 valence electrons. The number of carbonyl (C=O) groups excluding carboxylic acids is 2. The molecule has 2 aliphatic heterocycles. The maximum atomic E-state index is 13.9. The van der Waals surface area contributed by atoms with E-state index in [1.54, 1.807) is 9.47 Å². The van der Waals surface area contributed by atoms with Crippen molar-refractivity contribution in [1.82, 2.24) is 9.47 Å². The molecule has 2 aromatic rings. The first-order valence-corrected chi connectivity index (χ1v) is 14.5. The van der Waals surface area contributed by atoms with Crippen molar-refractivity contribution in [2.75, 3.05) is 92.4 Å². The topological polar surface area (TPSA) is 127 Å². The van der Waals surface area contributed by atoms with Crippen LogP contribution in [0.3, 0.4) is 0 Å². The molecule has 2 unspecified atom stereocenters. The van der Waals surface area contributed by atoms with Gasteiger partial charge in [-0.15, -0.1) is 0 Å². The molecule has 1 N–H and O–H groups in total. The van der Waals surface area contributed by atoms with Crippen molar-refractivity contribution in [3.8, 4) is 0 Å². The summed E-state index contributed by atoms with van der Waals surface area (Å²) >= 11 is 0. The van der Waals surface area contributed by atoms with Crippen LogP contribution < -0.4 is 0 Å². The summed E-state index contributed by atoms with van der Waals surface area (Å²) in [4.78, 5) is 27.9. The fourth-order valence-electron chi connectivity index (χ4n) is 4.88. The first kappa shape index (κ1) is 32.1. The van der Waals surface area contributed by atoms with E-state index in [-0.39, 0.29) is 49.9 Å². The third-order valence-electron chi connectivity index (χ3n) is 6.93. The van der Waals surface area contributed by atoms with Crippen molar-refractivity contribution in [3.63, 3.8) is 0 Å². The smallest absolute Gasteiger partial charge is 0.288 e. The van der Waals surface area contributed by atoms with E-state index in [1.165, 1.54) is 6.92 Å². The molecule has 12 heteroatoms. The molecule has 2 atom stereocenters. The van der Waals surface area contributed by atoms with Crippen molar-refractivity contribution in [3.05, 3.63) is 47.9 Å². The Balaban J connectivity index is 1.55. The van der Waals surface area contributed by atoms with Crippen molar-refractivity contribution in [1.29, 1.82) is 0 Å². The molecule has 1 fully saturated rings. The van der Waals surface area contributed by atoms with Gasteiger partial charge in [-0.1, -0.05) is 18.2 Å². The second kappa shape index (κ2) is 17.3. The summed E-state index contributed by atoms with van der Waals surface area (Å²) in [5.41, 5.74) is 1.71. The van der Waals surface area contributed by atoms with Gasteiger partial charge in [0.1, 0.15) is 0 Å². The number of aliphatic hydroxyl groups is 1. The minimum Gasteiger partial charge on any atom is -0.459 e. The molecule has 1 aromatic carbocycles. The summed E-state index contributed by atoms with van der Waals surface area (Å²) in [7, 11) is 0. The zero-order valence-corrected chi connectivity index (χ0v) is 24.2. The highest BCUT2D eigenvalue weighted by molar-refractivity contribution is 5.95. The Hall–Kier alpha value is -2.84. The number of hydrogen-bond donors (Lipinski definition) is 1. The predicted molar refractivity (Wildman–Crippen MR) is 152 cm³/mol. The summed E-state index contributed by atoms with van der Waals surface area (Å²) in [6, 6.07) is 7.69. The molecule has 42 heavy (non-hydrogen) atoms. The Bertz CT molecular complexity index is 1150. The summed E-state index contributed by atoms with van der Waals surface area (Å²) < 4.78 is 41.4. The first-order valence-electron chi connectivity index (χ1n) is 14.5. The maximum Gasteiger partial charge on any atom is 0.288 e. The van der Waals surface area contributed by atoms with Crippen molar-refractivity contribution in [2.45, 2.75) is 25.6 Å². The van der Waals surface area contributed by atoms with Crippen LogP contribution in [-0.4, -0.2) is 125 Å². The lowest BCUT2D eigenvalue weighted by atomic mass is 9.92. The Morgan fingerprint density at radius 3 is 2.19 bits per heavy atom. The third kappa shape index (κ3) is 9.33. The molecule has 3 heterocycles. The third-order valence-corrected chi connectivity index (χ3v) is 6.93. The SMILES string of the molecule is CC(=O)n1cc(C2C=C(C(=O)N3CCOCCOCCOCCOCC3)OC(OCCOCCO)C2)c2ccccc21. The van der Waals surface area contributed by atoms with Gasteiger partial charge in [0, 0.05) is 43.9 Å². The van der Waals surface area contributed by atoms with Crippen LogP contribution in [0.25, 0.3) is 10.9 Å². The summed E-state index contributed by atoms with van der Waals surface area (Å²) in [5.74, 6) is -0.492. The number of fused-ring (bicyclic) bond motifs is 1. The van der Waals surface area contributed by atoms with Crippen LogP contribution in [0.1, 0.15) is 29.6 Å². The summed E-state index contributed by atoms with van der Waals surface area (Å²) in [6.45, 7) is 6.18. The highest BCUT2D eigenvalue weighted by atomic mass is 16.7. The number of nitrogens with zero attached hydrogens (tertiary/aromatic N) is 2. The average Bonchev–Trinajstić information content (AvgIpc) is 3.39. The lowest BCUT2D eigenvalue weighted by Crippen LogP contribution is -2.40. The van der Waals surface area contributed by atoms with Gasteiger partial charge in [-0.2, -0.15) is 0 Å². The highest BCUT2D eigenvalue weighted by Gasteiger charge is 2.32. The van der Waals surface area contributed by atoms with Crippen LogP contribution in [0.15, 0.2) is 42.3 Å². The van der Waals surface area contributed by atoms with Gasteiger partial charge in [0.15, 0.2) is 5.76 Å². The van der Waals surface area contributed by atoms with E-state index in [9.17, 15) is 9.59 Å². The van der Waals surface area contributed by atoms with E-state index in [1.807, 2.05) is 36.5 Å². The number of ether oxygens (including phenoxy) is 7. The van der Waals surface area contributed by atoms with E-state index in [0.29, 0.717) is 72.4 Å². The van der Waals surface area contributed by atoms with Gasteiger partial charge in [0.2, 0.25) is 12.2 Å². The van der Waals surface area contributed by atoms with E-state index >= 15 is 0 Å². The molecule has 4 rings (SSSR count). The normalized spacial score (nSPS) is 21.7. The van der Waals surface area contributed by atoms with Gasteiger partial charge in [-0.25, -0.2) is 0 Å². The lowest BCUT2D eigenvalue weighted by molar-refractivity contribution is -0.157. The second-order valence-corrected chi connectivity index (χ2v) is 9.86. The van der Waals surface area contributed by atoms with Gasteiger partial charge in [-0.3, -0.25) is 14.2 Å². The molecule has 12 nitrogen and oxygen atoms in total. The van der Waals surface area contributed by atoms with Crippen LogP contribution in [0, 0.1) is 0 Å². The summed E-state index contributed by atoms with van der Waals surface area (Å²) in [6.07, 6.45) is 3.37. The second-order valence-electron chi connectivity index (χ2n) is 9.86. The average molecular weight is 591 g/mol. The van der Waals surface area contributed by atoms with Crippen LogP contribution in [0.5, 0.6) is 0 Å². The molecule has 2 aliphatic rings. The number of carbonyl (C=O) groups is 2. The Morgan fingerprint density at radius 2 is 1.55 bits per heavy atom. The largest absolute Gasteiger partial charge is 0.459 e. The number of hydrogen-bond acceptors (Lipinski definition) is 10. The number of rotatable bonds is 8.